The molecule has 0 aliphatic heterocycles. The molecule has 1 unspecified atom stereocenters. The lowest BCUT2D eigenvalue weighted by atomic mass is 9.89. The number of rotatable bonds is 8. The van der Waals surface area contributed by atoms with E-state index >= 15 is 0 Å². The van der Waals surface area contributed by atoms with E-state index < -0.39 is 11.5 Å². The number of carbonyl (C=O) groups excluding carboxylic acids is 2. The van der Waals surface area contributed by atoms with E-state index in [1.165, 1.54) is 7.11 Å². The van der Waals surface area contributed by atoms with Crippen LogP contribution in [0.1, 0.15) is 34.6 Å². The third-order valence-corrected chi connectivity index (χ3v) is 3.37. The molecule has 0 heterocycles. The van der Waals surface area contributed by atoms with Crippen molar-refractivity contribution in [2.24, 2.45) is 17.3 Å². The highest BCUT2D eigenvalue weighted by Crippen LogP contribution is 2.22. The van der Waals surface area contributed by atoms with Crippen molar-refractivity contribution in [1.82, 2.24) is 0 Å². The summed E-state index contributed by atoms with van der Waals surface area (Å²) >= 11 is 0. The van der Waals surface area contributed by atoms with Crippen molar-refractivity contribution >= 4 is 12.3 Å². The summed E-state index contributed by atoms with van der Waals surface area (Å²) in [6, 6.07) is 0. The quantitative estimate of drug-likeness (QED) is 0.505. The molecule has 0 aromatic rings. The second-order valence-electron chi connectivity index (χ2n) is 6.22. The Morgan fingerprint density at radius 1 is 1.15 bits per heavy atom. The highest BCUT2D eigenvalue weighted by Gasteiger charge is 2.31. The molecular weight excluding hydrogens is 260 g/mol. The van der Waals surface area contributed by atoms with Crippen molar-refractivity contribution in [3.05, 3.63) is 0 Å². The minimum atomic E-state index is -0.527. The van der Waals surface area contributed by atoms with E-state index in [0.29, 0.717) is 0 Å². The topological polar surface area (TPSA) is 61.8 Å². The molecule has 0 aromatic carbocycles. The molecule has 0 spiro atoms. The number of aldehydes is 1. The zero-order valence-corrected chi connectivity index (χ0v) is 13.6. The first kappa shape index (κ1) is 19.1. The summed E-state index contributed by atoms with van der Waals surface area (Å²) in [4.78, 5) is 22.7. The maximum absolute atomic E-state index is 11.8. The maximum atomic E-state index is 11.8. The SMILES string of the molecule is COC(C=O)[C@H](C)[C@@H](OC)[C@@H](C)COC(=O)C(C)(C)C. The first-order chi connectivity index (χ1) is 9.18. The molecule has 0 fully saturated rings. The molecule has 118 valence electrons. The van der Waals surface area contributed by atoms with Gasteiger partial charge < -0.3 is 19.0 Å². The summed E-state index contributed by atoms with van der Waals surface area (Å²) in [7, 11) is 3.08. The second-order valence-corrected chi connectivity index (χ2v) is 6.22. The average Bonchev–Trinajstić information content (AvgIpc) is 2.37. The Bertz CT molecular complexity index is 308. The van der Waals surface area contributed by atoms with Gasteiger partial charge in [0.25, 0.3) is 0 Å². The minimum Gasteiger partial charge on any atom is -0.465 e. The Balaban J connectivity index is 4.59. The summed E-state index contributed by atoms with van der Waals surface area (Å²) in [5.74, 6) is -0.393. The fourth-order valence-corrected chi connectivity index (χ4v) is 2.06. The van der Waals surface area contributed by atoms with Gasteiger partial charge in [-0.1, -0.05) is 13.8 Å². The molecule has 4 atom stereocenters. The number of esters is 1. The van der Waals surface area contributed by atoms with Crippen LogP contribution in [0.25, 0.3) is 0 Å². The Labute approximate surface area is 122 Å². The molecule has 5 nitrogen and oxygen atoms in total. The van der Waals surface area contributed by atoms with E-state index in [4.69, 9.17) is 14.2 Å². The summed E-state index contributed by atoms with van der Waals surface area (Å²) in [5, 5.41) is 0. The first-order valence-electron chi connectivity index (χ1n) is 6.87. The van der Waals surface area contributed by atoms with Crippen LogP contribution < -0.4 is 0 Å². The third kappa shape index (κ3) is 5.59. The zero-order valence-electron chi connectivity index (χ0n) is 13.6. The Morgan fingerprint density at radius 3 is 2.05 bits per heavy atom. The zero-order chi connectivity index (χ0) is 15.9. The van der Waals surface area contributed by atoms with Gasteiger partial charge in [0.2, 0.25) is 0 Å². The molecule has 0 radical (unpaired) electrons. The smallest absolute Gasteiger partial charge is 0.311 e. The van der Waals surface area contributed by atoms with Crippen LogP contribution in [-0.4, -0.2) is 45.3 Å². The highest BCUT2D eigenvalue weighted by molar-refractivity contribution is 5.75. The molecule has 0 amide bonds. The molecule has 0 saturated carbocycles. The molecule has 0 aromatic heterocycles. The fraction of sp³-hybridized carbons (Fsp3) is 0.867. The number of carbonyl (C=O) groups is 2. The molecule has 0 aliphatic rings. The van der Waals surface area contributed by atoms with E-state index in [2.05, 4.69) is 0 Å². The monoisotopic (exact) mass is 288 g/mol. The molecule has 20 heavy (non-hydrogen) atoms. The fourth-order valence-electron chi connectivity index (χ4n) is 2.06. The summed E-state index contributed by atoms with van der Waals surface area (Å²) in [6.45, 7) is 9.50. The highest BCUT2D eigenvalue weighted by atomic mass is 16.5. The lowest BCUT2D eigenvalue weighted by Crippen LogP contribution is -2.39. The molecule has 0 rings (SSSR count). The number of hydrogen-bond acceptors (Lipinski definition) is 5. The van der Waals surface area contributed by atoms with Crippen LogP contribution in [0.4, 0.5) is 0 Å². The number of ether oxygens (including phenoxy) is 3. The standard InChI is InChI=1S/C15H28O5/c1-10(9-20-14(17)15(3,4)5)13(19-7)11(2)12(8-16)18-6/h8,10-13H,9H2,1-7H3/t10-,11-,12?,13-/m0/s1. The van der Waals surface area contributed by atoms with Gasteiger partial charge >= 0.3 is 5.97 Å². The van der Waals surface area contributed by atoms with Crippen molar-refractivity contribution in [1.29, 1.82) is 0 Å². The summed E-state index contributed by atoms with van der Waals surface area (Å²) in [6.07, 6.45) is 0.0172. The molecular formula is C15H28O5. The minimum absolute atomic E-state index is 0.0288. The van der Waals surface area contributed by atoms with Crippen LogP contribution in [0.5, 0.6) is 0 Å². The molecule has 5 heteroatoms. The van der Waals surface area contributed by atoms with Crippen LogP contribution in [0.3, 0.4) is 0 Å². The molecule has 0 bridgehead atoms. The van der Waals surface area contributed by atoms with Gasteiger partial charge in [-0.05, 0) is 20.8 Å². The van der Waals surface area contributed by atoms with Crippen LogP contribution in [0, 0.1) is 17.3 Å². The van der Waals surface area contributed by atoms with Crippen LogP contribution in [0.15, 0.2) is 0 Å². The van der Waals surface area contributed by atoms with Crippen LogP contribution >= 0.6 is 0 Å². The van der Waals surface area contributed by atoms with Crippen molar-refractivity contribution < 1.29 is 23.8 Å². The lowest BCUT2D eigenvalue weighted by molar-refractivity contribution is -0.157. The molecule has 0 aliphatic carbocycles. The molecule has 0 N–H and O–H groups in total. The van der Waals surface area contributed by atoms with Gasteiger partial charge in [-0.2, -0.15) is 0 Å². The van der Waals surface area contributed by atoms with E-state index in [1.54, 1.807) is 7.11 Å². The lowest BCUT2D eigenvalue weighted by Gasteiger charge is -2.31. The van der Waals surface area contributed by atoms with Gasteiger partial charge in [0.05, 0.1) is 18.1 Å². The van der Waals surface area contributed by atoms with Crippen molar-refractivity contribution in [2.75, 3.05) is 20.8 Å². The third-order valence-electron chi connectivity index (χ3n) is 3.37. The largest absolute Gasteiger partial charge is 0.465 e. The van der Waals surface area contributed by atoms with E-state index in [9.17, 15) is 9.59 Å². The van der Waals surface area contributed by atoms with Gasteiger partial charge in [0.1, 0.15) is 12.4 Å². The predicted octanol–water partition coefficient (Wildman–Crippen LogP) is 2.08. The Kier molecular flexibility index (Phi) is 7.98. The Morgan fingerprint density at radius 2 is 1.70 bits per heavy atom. The van der Waals surface area contributed by atoms with Crippen LogP contribution in [0.2, 0.25) is 0 Å². The van der Waals surface area contributed by atoms with Crippen molar-refractivity contribution in [2.45, 2.75) is 46.8 Å². The number of methoxy groups -OCH3 is 2. The summed E-state index contributed by atoms with van der Waals surface area (Å²) in [5.41, 5.74) is -0.522. The first-order valence-corrected chi connectivity index (χ1v) is 6.87. The van der Waals surface area contributed by atoms with Gasteiger partial charge in [0, 0.05) is 26.1 Å². The predicted molar refractivity (Wildman–Crippen MR) is 76.4 cm³/mol. The second kappa shape index (κ2) is 8.37. The van der Waals surface area contributed by atoms with Gasteiger partial charge in [0.15, 0.2) is 0 Å². The number of hydrogen-bond donors (Lipinski definition) is 0. The average molecular weight is 288 g/mol. The van der Waals surface area contributed by atoms with E-state index in [1.807, 2.05) is 34.6 Å². The van der Waals surface area contributed by atoms with Crippen molar-refractivity contribution in [3.8, 4) is 0 Å². The van der Waals surface area contributed by atoms with E-state index in [-0.39, 0.29) is 30.5 Å². The van der Waals surface area contributed by atoms with Crippen LogP contribution in [-0.2, 0) is 23.8 Å². The van der Waals surface area contributed by atoms with Gasteiger partial charge in [-0.15, -0.1) is 0 Å². The van der Waals surface area contributed by atoms with Crippen molar-refractivity contribution in [3.63, 3.8) is 0 Å². The normalized spacial score (nSPS) is 17.9. The Hall–Kier alpha value is -0.940. The van der Waals surface area contributed by atoms with Gasteiger partial charge in [-0.3, -0.25) is 4.79 Å². The molecule has 0 saturated heterocycles. The maximum Gasteiger partial charge on any atom is 0.311 e. The van der Waals surface area contributed by atoms with E-state index in [0.717, 1.165) is 6.29 Å². The summed E-state index contributed by atoms with van der Waals surface area (Å²) < 4.78 is 15.9. The van der Waals surface area contributed by atoms with Gasteiger partial charge in [-0.25, -0.2) is 0 Å².